The molecule has 0 atom stereocenters. The predicted octanol–water partition coefficient (Wildman–Crippen LogP) is 3.34. The molecule has 21 heavy (non-hydrogen) atoms. The molecule has 0 saturated carbocycles. The number of aromatic nitrogens is 2. The monoisotopic (exact) mass is 298 g/mol. The van der Waals surface area contributed by atoms with Crippen molar-refractivity contribution in [3.8, 4) is 11.5 Å². The van der Waals surface area contributed by atoms with Crippen LogP contribution in [0.1, 0.15) is 5.56 Å². The first-order valence-electron chi connectivity index (χ1n) is 5.59. The third-order valence-corrected chi connectivity index (χ3v) is 2.34. The number of halogens is 3. The predicted molar refractivity (Wildman–Crippen MR) is 66.6 cm³/mol. The second kappa shape index (κ2) is 5.70. The molecular formula is C13H9F3N2O3. The molecule has 0 aliphatic rings. The van der Waals surface area contributed by atoms with Crippen molar-refractivity contribution < 1.29 is 27.8 Å². The summed E-state index contributed by atoms with van der Waals surface area (Å²) < 4.78 is 40.4. The average Bonchev–Trinajstić information content (AvgIpc) is 2.86. The molecule has 2 N–H and O–H groups in total. The minimum Gasteiger partial charge on any atom is -0.506 e. The number of alkyl halides is 3. The Balaban J connectivity index is 0.000000154. The van der Waals surface area contributed by atoms with E-state index in [-0.39, 0.29) is 5.75 Å². The lowest BCUT2D eigenvalue weighted by Crippen LogP contribution is -2.04. The average molecular weight is 298 g/mol. The topological polar surface area (TPSA) is 79.4 Å². The van der Waals surface area contributed by atoms with Gasteiger partial charge in [0.1, 0.15) is 17.0 Å². The molecule has 0 spiro atoms. The van der Waals surface area contributed by atoms with Gasteiger partial charge in [-0.25, -0.2) is 4.98 Å². The molecule has 3 heterocycles. The van der Waals surface area contributed by atoms with Crippen molar-refractivity contribution in [1.82, 2.24) is 9.97 Å². The van der Waals surface area contributed by atoms with E-state index in [0.29, 0.717) is 17.8 Å². The van der Waals surface area contributed by atoms with E-state index in [1.165, 1.54) is 18.5 Å². The van der Waals surface area contributed by atoms with E-state index in [1.807, 2.05) is 0 Å². The smallest absolute Gasteiger partial charge is 0.418 e. The molecule has 3 aromatic rings. The molecule has 0 unspecified atom stereocenters. The van der Waals surface area contributed by atoms with Crippen LogP contribution < -0.4 is 0 Å². The van der Waals surface area contributed by atoms with Gasteiger partial charge in [0.25, 0.3) is 0 Å². The number of pyridine rings is 2. The Hall–Kier alpha value is -2.77. The van der Waals surface area contributed by atoms with Crippen LogP contribution in [0.4, 0.5) is 13.2 Å². The van der Waals surface area contributed by atoms with Gasteiger partial charge in [-0.1, -0.05) is 0 Å². The fraction of sp³-hybridized carbons (Fsp3) is 0.0769. The summed E-state index contributed by atoms with van der Waals surface area (Å²) in [7, 11) is 0. The first kappa shape index (κ1) is 14.6. The van der Waals surface area contributed by atoms with Gasteiger partial charge in [-0.2, -0.15) is 13.2 Å². The standard InChI is InChI=1S/C7H5NO2.C6H4F3NO/c9-5-3-7-6(8-4-5)1-2-10-7;7-6(8,9)4-1-5(11)3-10-2-4/h1-4,9H;1-3,11H. The zero-order valence-electron chi connectivity index (χ0n) is 10.4. The van der Waals surface area contributed by atoms with Crippen LogP contribution in [0.2, 0.25) is 0 Å². The van der Waals surface area contributed by atoms with Gasteiger partial charge in [-0.15, -0.1) is 0 Å². The minimum atomic E-state index is -4.44. The summed E-state index contributed by atoms with van der Waals surface area (Å²) in [5.41, 5.74) is 0.426. The highest BCUT2D eigenvalue weighted by atomic mass is 19.4. The van der Waals surface area contributed by atoms with Gasteiger partial charge in [-0.3, -0.25) is 4.98 Å². The minimum absolute atomic E-state index is 0.127. The largest absolute Gasteiger partial charge is 0.506 e. The highest BCUT2D eigenvalue weighted by Crippen LogP contribution is 2.29. The van der Waals surface area contributed by atoms with Gasteiger partial charge in [0.15, 0.2) is 5.58 Å². The van der Waals surface area contributed by atoms with E-state index in [2.05, 4.69) is 9.97 Å². The highest BCUT2D eigenvalue weighted by Gasteiger charge is 2.30. The summed E-state index contributed by atoms with van der Waals surface area (Å²) >= 11 is 0. The van der Waals surface area contributed by atoms with Crippen molar-refractivity contribution >= 4 is 11.1 Å². The third kappa shape index (κ3) is 3.85. The van der Waals surface area contributed by atoms with Crippen LogP contribution in [0.3, 0.4) is 0 Å². The van der Waals surface area contributed by atoms with Crippen molar-refractivity contribution in [2.75, 3.05) is 0 Å². The third-order valence-electron chi connectivity index (χ3n) is 2.34. The molecule has 0 bridgehead atoms. The van der Waals surface area contributed by atoms with Crippen LogP contribution in [-0.4, -0.2) is 20.2 Å². The van der Waals surface area contributed by atoms with Gasteiger partial charge >= 0.3 is 6.18 Å². The Labute approximate surface area is 116 Å². The zero-order chi connectivity index (χ0) is 15.5. The molecule has 0 fully saturated rings. The first-order chi connectivity index (χ1) is 9.86. The van der Waals surface area contributed by atoms with Gasteiger partial charge in [0.05, 0.1) is 24.2 Å². The SMILES string of the molecule is Oc1cnc2ccoc2c1.Oc1cncc(C(F)(F)F)c1. The second-order valence-corrected chi connectivity index (χ2v) is 3.93. The van der Waals surface area contributed by atoms with Crippen molar-refractivity contribution in [3.05, 3.63) is 48.6 Å². The number of aromatic hydroxyl groups is 2. The van der Waals surface area contributed by atoms with Crippen LogP contribution in [0, 0.1) is 0 Å². The van der Waals surface area contributed by atoms with Crippen LogP contribution in [0.15, 0.2) is 47.5 Å². The van der Waals surface area contributed by atoms with Crippen LogP contribution in [0.25, 0.3) is 11.1 Å². The first-order valence-corrected chi connectivity index (χ1v) is 5.59. The van der Waals surface area contributed by atoms with Gasteiger partial charge in [-0.05, 0) is 6.07 Å². The fourth-order valence-corrected chi connectivity index (χ4v) is 1.42. The maximum Gasteiger partial charge on any atom is 0.418 e. The second-order valence-electron chi connectivity index (χ2n) is 3.93. The highest BCUT2D eigenvalue weighted by molar-refractivity contribution is 5.73. The van der Waals surface area contributed by atoms with Gasteiger partial charge in [0, 0.05) is 18.3 Å². The van der Waals surface area contributed by atoms with E-state index in [4.69, 9.17) is 14.6 Å². The van der Waals surface area contributed by atoms with Crippen LogP contribution in [-0.2, 0) is 6.18 Å². The lowest BCUT2D eigenvalue weighted by molar-refractivity contribution is -0.137. The Morgan fingerprint density at radius 3 is 2.33 bits per heavy atom. The molecule has 110 valence electrons. The molecule has 8 heteroatoms. The molecule has 3 rings (SSSR count). The summed E-state index contributed by atoms with van der Waals surface area (Å²) in [5.74, 6) is -0.359. The Morgan fingerprint density at radius 2 is 1.71 bits per heavy atom. The van der Waals surface area contributed by atoms with Crippen molar-refractivity contribution in [2.24, 2.45) is 0 Å². The molecule has 0 amide bonds. The molecule has 0 saturated heterocycles. The molecule has 0 aliphatic heterocycles. The van der Waals surface area contributed by atoms with Crippen molar-refractivity contribution in [1.29, 1.82) is 0 Å². The van der Waals surface area contributed by atoms with E-state index < -0.39 is 17.5 Å². The fourth-order valence-electron chi connectivity index (χ4n) is 1.42. The van der Waals surface area contributed by atoms with Gasteiger partial charge in [0.2, 0.25) is 0 Å². The summed E-state index contributed by atoms with van der Waals surface area (Å²) in [4.78, 5) is 7.08. The van der Waals surface area contributed by atoms with E-state index in [1.54, 1.807) is 6.07 Å². The summed E-state index contributed by atoms with van der Waals surface area (Å²) in [6.45, 7) is 0. The maximum absolute atomic E-state index is 11.8. The van der Waals surface area contributed by atoms with Gasteiger partial charge < -0.3 is 14.6 Å². The number of furan rings is 1. The summed E-state index contributed by atoms with van der Waals surface area (Å²) in [5, 5.41) is 17.5. The Kier molecular flexibility index (Phi) is 3.97. The number of hydrogen-bond acceptors (Lipinski definition) is 5. The summed E-state index contributed by atoms with van der Waals surface area (Å²) in [6, 6.07) is 3.89. The maximum atomic E-state index is 11.8. The zero-order valence-corrected chi connectivity index (χ0v) is 10.4. The van der Waals surface area contributed by atoms with E-state index in [9.17, 15) is 13.2 Å². The molecule has 0 aromatic carbocycles. The Bertz CT molecular complexity index is 741. The summed E-state index contributed by atoms with van der Waals surface area (Å²) in [6.07, 6.45) is 0.0790. The normalized spacial score (nSPS) is 11.0. The Morgan fingerprint density at radius 1 is 1.00 bits per heavy atom. The van der Waals surface area contributed by atoms with Crippen molar-refractivity contribution in [2.45, 2.75) is 6.18 Å². The number of rotatable bonds is 0. The number of hydrogen-bond donors (Lipinski definition) is 2. The van der Waals surface area contributed by atoms with E-state index in [0.717, 1.165) is 11.7 Å². The molecule has 0 aliphatic carbocycles. The molecular weight excluding hydrogens is 289 g/mol. The quantitative estimate of drug-likeness (QED) is 0.665. The lowest BCUT2D eigenvalue weighted by atomic mass is 10.3. The molecule has 5 nitrogen and oxygen atoms in total. The molecule has 3 aromatic heterocycles. The van der Waals surface area contributed by atoms with Crippen LogP contribution >= 0.6 is 0 Å². The van der Waals surface area contributed by atoms with E-state index >= 15 is 0 Å². The number of nitrogens with zero attached hydrogens (tertiary/aromatic N) is 2. The van der Waals surface area contributed by atoms with Crippen molar-refractivity contribution in [3.63, 3.8) is 0 Å². The molecule has 0 radical (unpaired) electrons. The lowest BCUT2D eigenvalue weighted by Gasteiger charge is -2.04. The van der Waals surface area contributed by atoms with Crippen LogP contribution in [0.5, 0.6) is 11.5 Å². The number of fused-ring (bicyclic) bond motifs is 1.